The largest absolute Gasteiger partial charge is 0.465 e. The number of H-pyrrole nitrogens is 1. The minimum absolute atomic E-state index is 0.160. The molecule has 1 radical (unpaired) electrons. The van der Waals surface area contributed by atoms with E-state index in [0.717, 1.165) is 0 Å². The Hall–Kier alpha value is -2.11. The van der Waals surface area contributed by atoms with Crippen molar-refractivity contribution in [1.82, 2.24) is 10.3 Å². The molecule has 85 valence electrons. The summed E-state index contributed by atoms with van der Waals surface area (Å²) >= 11 is 0. The molecule has 0 aromatic carbocycles. The minimum atomic E-state index is -0.657. The third kappa shape index (κ3) is 3.23. The van der Waals surface area contributed by atoms with E-state index < -0.39 is 17.4 Å². The molecule has 16 heavy (non-hydrogen) atoms. The number of aromatic nitrogens is 1. The maximum Gasteiger partial charge on any atom is 0.325 e. The van der Waals surface area contributed by atoms with Crippen LogP contribution in [0.3, 0.4) is 0 Å². The second-order valence-corrected chi connectivity index (χ2v) is 2.81. The molecule has 6 heteroatoms. The molecule has 0 unspecified atom stereocenters. The third-order valence-corrected chi connectivity index (χ3v) is 1.68. The molecule has 0 spiro atoms. The van der Waals surface area contributed by atoms with E-state index in [2.05, 4.69) is 21.1 Å². The first-order chi connectivity index (χ1) is 7.65. The number of aromatic amines is 1. The van der Waals surface area contributed by atoms with Crippen LogP contribution in [0.25, 0.3) is 0 Å². The highest BCUT2D eigenvalue weighted by atomic mass is 16.5. The summed E-state index contributed by atoms with van der Waals surface area (Å²) in [5.41, 5.74) is -0.712. The third-order valence-electron chi connectivity index (χ3n) is 1.68. The lowest BCUT2D eigenvalue weighted by molar-refractivity contribution is -0.141. The van der Waals surface area contributed by atoms with Crippen molar-refractivity contribution in [3.8, 4) is 0 Å². The van der Waals surface area contributed by atoms with E-state index in [-0.39, 0.29) is 18.7 Å². The summed E-state index contributed by atoms with van der Waals surface area (Å²) in [4.78, 5) is 35.8. The smallest absolute Gasteiger partial charge is 0.325 e. The summed E-state index contributed by atoms with van der Waals surface area (Å²) in [7, 11) is 0. The van der Waals surface area contributed by atoms with Crippen LogP contribution >= 0.6 is 0 Å². The van der Waals surface area contributed by atoms with Gasteiger partial charge < -0.3 is 15.0 Å². The molecule has 1 heterocycles. The van der Waals surface area contributed by atoms with E-state index in [9.17, 15) is 14.4 Å². The molecule has 1 amide bonds. The van der Waals surface area contributed by atoms with Crippen LogP contribution in [-0.2, 0) is 9.53 Å². The van der Waals surface area contributed by atoms with Crippen molar-refractivity contribution in [2.75, 3.05) is 13.2 Å². The van der Waals surface area contributed by atoms with Crippen LogP contribution in [0.5, 0.6) is 0 Å². The quantitative estimate of drug-likeness (QED) is 0.671. The molecular formula is C10H11N2O4. The zero-order valence-electron chi connectivity index (χ0n) is 8.70. The van der Waals surface area contributed by atoms with Crippen molar-refractivity contribution in [3.05, 3.63) is 34.2 Å². The Morgan fingerprint density at radius 3 is 2.94 bits per heavy atom. The minimum Gasteiger partial charge on any atom is -0.465 e. The highest BCUT2D eigenvalue weighted by Crippen LogP contribution is 1.87. The summed E-state index contributed by atoms with van der Waals surface area (Å²) in [6.45, 7) is 1.64. The maximum absolute atomic E-state index is 11.4. The van der Waals surface area contributed by atoms with E-state index in [1.165, 1.54) is 12.3 Å². The number of esters is 1. The summed E-state index contributed by atoms with van der Waals surface area (Å²) in [6.07, 6.45) is 1.37. The van der Waals surface area contributed by atoms with Gasteiger partial charge >= 0.3 is 5.97 Å². The molecule has 6 nitrogen and oxygen atoms in total. The number of rotatable bonds is 4. The van der Waals surface area contributed by atoms with Crippen LogP contribution in [-0.4, -0.2) is 30.0 Å². The van der Waals surface area contributed by atoms with Gasteiger partial charge in [0.15, 0.2) is 0 Å². The number of carbonyl (C=O) groups is 2. The van der Waals surface area contributed by atoms with Crippen molar-refractivity contribution >= 4 is 11.9 Å². The van der Waals surface area contributed by atoms with E-state index in [1.54, 1.807) is 6.92 Å². The SMILES string of the molecule is CCOC(=O)CNC(=O)c1[c]cc[nH]c1=O. The lowest BCUT2D eigenvalue weighted by Crippen LogP contribution is -2.34. The maximum atomic E-state index is 11.4. The Labute approximate surface area is 91.6 Å². The Morgan fingerprint density at radius 2 is 2.31 bits per heavy atom. The molecule has 0 aliphatic rings. The summed E-state index contributed by atoms with van der Waals surface area (Å²) in [5, 5.41) is 2.26. The standard InChI is InChI=1S/C10H11N2O4/c1-2-16-8(13)6-12-10(15)7-4-3-5-11-9(7)14/h3,5H,2,6H2,1H3,(H,11,14)(H,12,15). The highest BCUT2D eigenvalue weighted by Gasteiger charge is 2.11. The number of pyridine rings is 1. The Morgan fingerprint density at radius 1 is 1.56 bits per heavy atom. The molecule has 1 aromatic heterocycles. The van der Waals surface area contributed by atoms with Crippen LogP contribution in [0.2, 0.25) is 0 Å². The van der Waals surface area contributed by atoms with Crippen molar-refractivity contribution in [3.63, 3.8) is 0 Å². The van der Waals surface area contributed by atoms with Gasteiger partial charge in [0, 0.05) is 12.3 Å². The average molecular weight is 223 g/mol. The Balaban J connectivity index is 2.57. The molecule has 0 aliphatic heterocycles. The number of ether oxygens (including phenoxy) is 1. The van der Waals surface area contributed by atoms with E-state index in [4.69, 9.17) is 0 Å². The van der Waals surface area contributed by atoms with Gasteiger partial charge in [-0.15, -0.1) is 0 Å². The predicted molar refractivity (Wildman–Crippen MR) is 54.9 cm³/mol. The van der Waals surface area contributed by atoms with Crippen LogP contribution in [0.1, 0.15) is 17.3 Å². The molecule has 2 N–H and O–H groups in total. The van der Waals surface area contributed by atoms with Crippen molar-refractivity contribution < 1.29 is 14.3 Å². The van der Waals surface area contributed by atoms with Gasteiger partial charge in [-0.25, -0.2) is 0 Å². The molecule has 0 saturated heterocycles. The van der Waals surface area contributed by atoms with Crippen molar-refractivity contribution in [2.24, 2.45) is 0 Å². The number of hydrogen-bond donors (Lipinski definition) is 2. The van der Waals surface area contributed by atoms with Gasteiger partial charge in [0.05, 0.1) is 6.61 Å². The van der Waals surface area contributed by atoms with Gasteiger partial charge in [-0.05, 0) is 13.0 Å². The summed E-state index contributed by atoms with van der Waals surface area (Å²) in [5.74, 6) is -1.21. The average Bonchev–Trinajstić information content (AvgIpc) is 2.27. The Kier molecular flexibility index (Phi) is 4.26. The molecule has 0 fully saturated rings. The van der Waals surface area contributed by atoms with Gasteiger partial charge in [-0.3, -0.25) is 14.4 Å². The van der Waals surface area contributed by atoms with E-state index >= 15 is 0 Å². The fraction of sp³-hybridized carbons (Fsp3) is 0.300. The number of carbonyl (C=O) groups excluding carboxylic acids is 2. The van der Waals surface area contributed by atoms with E-state index in [0.29, 0.717) is 0 Å². The fourth-order valence-corrected chi connectivity index (χ4v) is 1.00. The molecule has 1 rings (SSSR count). The fourth-order valence-electron chi connectivity index (χ4n) is 1.00. The lowest BCUT2D eigenvalue weighted by atomic mass is 10.2. The van der Waals surface area contributed by atoms with Crippen LogP contribution < -0.4 is 10.9 Å². The zero-order valence-corrected chi connectivity index (χ0v) is 8.70. The molecule has 0 saturated carbocycles. The number of nitrogens with one attached hydrogen (secondary N) is 2. The summed E-state index contributed by atoms with van der Waals surface area (Å²) < 4.78 is 4.61. The van der Waals surface area contributed by atoms with Crippen LogP contribution in [0.4, 0.5) is 0 Å². The molecule has 0 aliphatic carbocycles. The topological polar surface area (TPSA) is 88.3 Å². The normalized spacial score (nSPS) is 9.56. The number of amides is 1. The summed E-state index contributed by atoms with van der Waals surface area (Å²) in [6, 6.07) is 3.89. The van der Waals surface area contributed by atoms with Gasteiger partial charge in [-0.2, -0.15) is 0 Å². The first-order valence-corrected chi connectivity index (χ1v) is 4.68. The van der Waals surface area contributed by atoms with Gasteiger partial charge in [0.25, 0.3) is 11.5 Å². The molecular weight excluding hydrogens is 212 g/mol. The zero-order chi connectivity index (χ0) is 12.0. The van der Waals surface area contributed by atoms with Crippen LogP contribution in [0.15, 0.2) is 17.1 Å². The first kappa shape index (κ1) is 12.0. The van der Waals surface area contributed by atoms with E-state index in [1.807, 2.05) is 0 Å². The second-order valence-electron chi connectivity index (χ2n) is 2.81. The van der Waals surface area contributed by atoms with Gasteiger partial charge in [0.1, 0.15) is 12.1 Å². The second kappa shape index (κ2) is 5.69. The molecule has 0 bridgehead atoms. The van der Waals surface area contributed by atoms with Crippen molar-refractivity contribution in [1.29, 1.82) is 0 Å². The lowest BCUT2D eigenvalue weighted by Gasteiger charge is -2.03. The molecule has 1 aromatic rings. The number of hydrogen-bond acceptors (Lipinski definition) is 4. The predicted octanol–water partition coefficient (Wildman–Crippen LogP) is -0.532. The monoisotopic (exact) mass is 223 g/mol. The first-order valence-electron chi connectivity index (χ1n) is 4.68. The highest BCUT2D eigenvalue weighted by molar-refractivity contribution is 5.95. The van der Waals surface area contributed by atoms with Gasteiger partial charge in [0.2, 0.25) is 0 Å². The van der Waals surface area contributed by atoms with Crippen LogP contribution in [0, 0.1) is 6.07 Å². The van der Waals surface area contributed by atoms with Gasteiger partial charge in [-0.1, -0.05) is 0 Å². The Bertz CT molecular complexity index is 438. The van der Waals surface area contributed by atoms with Crippen molar-refractivity contribution in [2.45, 2.75) is 6.92 Å². The molecule has 0 atom stereocenters.